The van der Waals surface area contributed by atoms with E-state index in [1.54, 1.807) is 25.3 Å². The Kier molecular flexibility index (Phi) is 4.27. The first kappa shape index (κ1) is 14.4. The molecule has 1 fully saturated rings. The fourth-order valence-electron chi connectivity index (χ4n) is 2.57. The second kappa shape index (κ2) is 6.51. The lowest BCUT2D eigenvalue weighted by Crippen LogP contribution is -2.30. The van der Waals surface area contributed by atoms with E-state index in [9.17, 15) is 4.79 Å². The molecule has 0 amide bonds. The average molecular weight is 297 g/mol. The van der Waals surface area contributed by atoms with E-state index in [1.165, 1.54) is 19.3 Å². The summed E-state index contributed by atoms with van der Waals surface area (Å²) in [6, 6.07) is 7.29. The van der Waals surface area contributed by atoms with Crippen LogP contribution in [0.5, 0.6) is 0 Å². The van der Waals surface area contributed by atoms with Gasteiger partial charge in [-0.3, -0.25) is 4.79 Å². The number of nitrogens with one attached hydrogen (secondary N) is 1. The lowest BCUT2D eigenvalue weighted by Gasteiger charge is -2.27. The lowest BCUT2D eigenvalue weighted by atomic mass is 10.1. The highest BCUT2D eigenvalue weighted by Crippen LogP contribution is 2.19. The molecule has 0 atom stereocenters. The molecule has 0 saturated carbocycles. The van der Waals surface area contributed by atoms with Gasteiger partial charge >= 0.3 is 0 Å². The van der Waals surface area contributed by atoms with E-state index in [1.807, 2.05) is 12.1 Å². The number of ketones is 1. The minimum absolute atomic E-state index is 0.0322. The number of hydrogen-bond donors (Lipinski definition) is 1. The quantitative estimate of drug-likeness (QED) is 0.875. The normalized spacial score (nSPS) is 14.7. The molecule has 3 rings (SSSR count). The summed E-state index contributed by atoms with van der Waals surface area (Å²) in [5.41, 5.74) is 1.44. The zero-order valence-electron chi connectivity index (χ0n) is 12.6. The number of carbonyl (C=O) groups is 1. The maximum atomic E-state index is 11.4. The number of hydrogen-bond acceptors (Lipinski definition) is 6. The van der Waals surface area contributed by atoms with Crippen LogP contribution in [-0.2, 0) is 0 Å². The summed E-state index contributed by atoms with van der Waals surface area (Å²) >= 11 is 0. The van der Waals surface area contributed by atoms with Crippen molar-refractivity contribution in [3.8, 4) is 0 Å². The molecule has 2 aromatic rings. The molecule has 1 aliphatic rings. The molecular weight excluding hydrogens is 278 g/mol. The van der Waals surface area contributed by atoms with Crippen LogP contribution in [0, 0.1) is 0 Å². The van der Waals surface area contributed by atoms with Gasteiger partial charge in [0.1, 0.15) is 0 Å². The second-order valence-corrected chi connectivity index (χ2v) is 5.45. The fraction of sp³-hybridized carbons (Fsp3) is 0.375. The van der Waals surface area contributed by atoms with E-state index in [4.69, 9.17) is 0 Å². The summed E-state index contributed by atoms with van der Waals surface area (Å²) in [7, 11) is 0. The van der Waals surface area contributed by atoms with Crippen molar-refractivity contribution in [1.29, 1.82) is 0 Å². The Morgan fingerprint density at radius 2 is 2.05 bits per heavy atom. The van der Waals surface area contributed by atoms with Crippen LogP contribution in [-0.4, -0.2) is 34.1 Å². The maximum absolute atomic E-state index is 11.4. The second-order valence-electron chi connectivity index (χ2n) is 5.45. The van der Waals surface area contributed by atoms with Gasteiger partial charge in [-0.2, -0.15) is 10.1 Å². The number of Topliss-reactive ketones (excluding diaryl/α,β-unsaturated/α-hetero) is 1. The molecule has 1 aromatic carbocycles. The van der Waals surface area contributed by atoms with Crippen molar-refractivity contribution in [3.05, 3.63) is 36.0 Å². The van der Waals surface area contributed by atoms with Crippen molar-refractivity contribution in [2.75, 3.05) is 23.3 Å². The predicted molar refractivity (Wildman–Crippen MR) is 85.6 cm³/mol. The number of anilines is 3. The van der Waals surface area contributed by atoms with Gasteiger partial charge in [-0.1, -0.05) is 12.1 Å². The molecule has 0 radical (unpaired) electrons. The minimum Gasteiger partial charge on any atom is -0.355 e. The standard InChI is InChI=1S/C16H19N5O/c1-12(22)13-6-5-7-14(10-13)18-16-19-15(11-17-20-16)21-8-3-2-4-9-21/h5-7,10-11H,2-4,8-9H2,1H3,(H,18,19,20). The lowest BCUT2D eigenvalue weighted by molar-refractivity contribution is 0.101. The third kappa shape index (κ3) is 3.39. The van der Waals surface area contributed by atoms with Gasteiger partial charge in [0.2, 0.25) is 5.95 Å². The van der Waals surface area contributed by atoms with E-state index in [0.29, 0.717) is 11.5 Å². The van der Waals surface area contributed by atoms with Crippen molar-refractivity contribution in [1.82, 2.24) is 15.2 Å². The summed E-state index contributed by atoms with van der Waals surface area (Å²) in [5, 5.41) is 11.2. The Morgan fingerprint density at radius 1 is 1.23 bits per heavy atom. The van der Waals surface area contributed by atoms with E-state index in [-0.39, 0.29) is 5.78 Å². The third-order valence-corrected chi connectivity index (χ3v) is 3.75. The molecule has 2 heterocycles. The molecule has 114 valence electrons. The summed E-state index contributed by atoms with van der Waals surface area (Å²) in [6.45, 7) is 3.57. The highest BCUT2D eigenvalue weighted by atomic mass is 16.1. The number of carbonyl (C=O) groups excluding carboxylic acids is 1. The van der Waals surface area contributed by atoms with Gasteiger partial charge in [-0.25, -0.2) is 0 Å². The van der Waals surface area contributed by atoms with Crippen molar-refractivity contribution in [3.63, 3.8) is 0 Å². The zero-order chi connectivity index (χ0) is 15.4. The van der Waals surface area contributed by atoms with Crippen LogP contribution >= 0.6 is 0 Å². The van der Waals surface area contributed by atoms with Crippen LogP contribution in [0.2, 0.25) is 0 Å². The predicted octanol–water partition coefficient (Wildman–Crippen LogP) is 2.81. The first-order chi connectivity index (χ1) is 10.7. The molecular formula is C16H19N5O. The van der Waals surface area contributed by atoms with Gasteiger partial charge in [0, 0.05) is 24.3 Å². The Labute approximate surface area is 129 Å². The van der Waals surface area contributed by atoms with Gasteiger partial charge in [-0.15, -0.1) is 5.10 Å². The Hall–Kier alpha value is -2.50. The molecule has 22 heavy (non-hydrogen) atoms. The van der Waals surface area contributed by atoms with E-state index in [2.05, 4.69) is 25.4 Å². The molecule has 1 saturated heterocycles. The van der Waals surface area contributed by atoms with Gasteiger partial charge in [-0.05, 0) is 38.3 Å². The molecule has 0 bridgehead atoms. The Bertz CT molecular complexity index is 667. The summed E-state index contributed by atoms with van der Waals surface area (Å²) < 4.78 is 0. The van der Waals surface area contributed by atoms with Gasteiger partial charge in [0.25, 0.3) is 0 Å². The van der Waals surface area contributed by atoms with Gasteiger partial charge in [0.15, 0.2) is 11.6 Å². The topological polar surface area (TPSA) is 71.0 Å². The highest BCUT2D eigenvalue weighted by molar-refractivity contribution is 5.95. The fourth-order valence-corrected chi connectivity index (χ4v) is 2.57. The van der Waals surface area contributed by atoms with Crippen molar-refractivity contribution >= 4 is 23.2 Å². The zero-order valence-corrected chi connectivity index (χ0v) is 12.6. The summed E-state index contributed by atoms with van der Waals surface area (Å²) in [4.78, 5) is 18.2. The molecule has 1 aliphatic heterocycles. The van der Waals surface area contributed by atoms with Crippen molar-refractivity contribution in [2.24, 2.45) is 0 Å². The summed E-state index contributed by atoms with van der Waals surface area (Å²) in [6.07, 6.45) is 5.35. The first-order valence-corrected chi connectivity index (χ1v) is 7.55. The van der Waals surface area contributed by atoms with Crippen LogP contribution in [0.3, 0.4) is 0 Å². The molecule has 0 aliphatic carbocycles. The van der Waals surface area contributed by atoms with Gasteiger partial charge in [0.05, 0.1) is 6.20 Å². The number of rotatable bonds is 4. The molecule has 0 unspecified atom stereocenters. The van der Waals surface area contributed by atoms with Crippen LogP contribution in [0.1, 0.15) is 36.5 Å². The average Bonchev–Trinajstić information content (AvgIpc) is 2.56. The molecule has 0 spiro atoms. The smallest absolute Gasteiger partial charge is 0.249 e. The first-order valence-electron chi connectivity index (χ1n) is 7.55. The van der Waals surface area contributed by atoms with Crippen molar-refractivity contribution in [2.45, 2.75) is 26.2 Å². The number of nitrogens with zero attached hydrogens (tertiary/aromatic N) is 4. The van der Waals surface area contributed by atoms with Crippen LogP contribution in [0.25, 0.3) is 0 Å². The van der Waals surface area contributed by atoms with Crippen molar-refractivity contribution < 1.29 is 4.79 Å². The number of benzene rings is 1. The molecule has 6 nitrogen and oxygen atoms in total. The van der Waals surface area contributed by atoms with Crippen LogP contribution in [0.15, 0.2) is 30.5 Å². The molecule has 6 heteroatoms. The van der Waals surface area contributed by atoms with E-state index in [0.717, 1.165) is 24.6 Å². The summed E-state index contributed by atoms with van der Waals surface area (Å²) in [5.74, 6) is 1.33. The number of aromatic nitrogens is 3. The third-order valence-electron chi connectivity index (χ3n) is 3.75. The highest BCUT2D eigenvalue weighted by Gasteiger charge is 2.13. The SMILES string of the molecule is CC(=O)c1cccc(Nc2nncc(N3CCCCC3)n2)c1. The van der Waals surface area contributed by atoms with Crippen LogP contribution in [0.4, 0.5) is 17.5 Å². The maximum Gasteiger partial charge on any atom is 0.249 e. The molecule has 1 aromatic heterocycles. The van der Waals surface area contributed by atoms with E-state index >= 15 is 0 Å². The Balaban J connectivity index is 1.77. The molecule has 1 N–H and O–H groups in total. The largest absolute Gasteiger partial charge is 0.355 e. The monoisotopic (exact) mass is 297 g/mol. The van der Waals surface area contributed by atoms with E-state index < -0.39 is 0 Å². The van der Waals surface area contributed by atoms with Gasteiger partial charge < -0.3 is 10.2 Å². The number of piperidine rings is 1. The van der Waals surface area contributed by atoms with Crippen LogP contribution < -0.4 is 10.2 Å². The Morgan fingerprint density at radius 3 is 2.82 bits per heavy atom. The minimum atomic E-state index is 0.0322.